The first kappa shape index (κ1) is 29.6. The topological polar surface area (TPSA) is 112 Å². The standard InChI is InChI=1S/C33H40N4O5S/c1-43(41,42)29-22-36(30(38)20-27(29)25-10-4-2-5-11-25)24-33(40)16-18-35(23-32(33)14-8-9-15-32)31(39)37-19-17-34-21-28(37)26-12-6-3-7-13-26/h2-7,10-13,20,22,28,34,40H,8-9,14-19,21,23-24H2,1H3. The van der Waals surface area contributed by atoms with Crippen molar-refractivity contribution in [3.63, 3.8) is 0 Å². The van der Waals surface area contributed by atoms with Gasteiger partial charge >= 0.3 is 6.03 Å². The number of aromatic nitrogens is 1. The van der Waals surface area contributed by atoms with E-state index in [1.807, 2.05) is 34.1 Å². The van der Waals surface area contributed by atoms with Gasteiger partial charge in [-0.25, -0.2) is 13.2 Å². The van der Waals surface area contributed by atoms with Gasteiger partial charge in [0.1, 0.15) is 0 Å². The Morgan fingerprint density at radius 2 is 1.67 bits per heavy atom. The van der Waals surface area contributed by atoms with E-state index in [9.17, 15) is 23.1 Å². The third-order valence-electron chi connectivity index (χ3n) is 9.79. The minimum Gasteiger partial charge on any atom is -0.387 e. The molecule has 3 aliphatic rings. The minimum atomic E-state index is -3.67. The molecule has 6 rings (SSSR count). The van der Waals surface area contributed by atoms with Gasteiger partial charge in [-0.15, -0.1) is 0 Å². The number of nitrogens with one attached hydrogen (secondary N) is 1. The van der Waals surface area contributed by atoms with E-state index >= 15 is 0 Å². The molecule has 1 aromatic heterocycles. The molecule has 2 atom stereocenters. The van der Waals surface area contributed by atoms with Crippen molar-refractivity contribution in [1.82, 2.24) is 19.7 Å². The van der Waals surface area contributed by atoms with Crippen molar-refractivity contribution < 1.29 is 18.3 Å². The van der Waals surface area contributed by atoms with Crippen LogP contribution in [0.5, 0.6) is 0 Å². The number of piperidine rings is 1. The van der Waals surface area contributed by atoms with E-state index in [1.54, 1.807) is 24.3 Å². The maximum absolute atomic E-state index is 14.0. The summed E-state index contributed by atoms with van der Waals surface area (Å²) in [5.41, 5.74) is -0.122. The average molecular weight is 605 g/mol. The summed E-state index contributed by atoms with van der Waals surface area (Å²) in [5.74, 6) is 0. The molecule has 3 fully saturated rings. The van der Waals surface area contributed by atoms with Crippen LogP contribution in [0.3, 0.4) is 0 Å². The molecule has 43 heavy (non-hydrogen) atoms. The fourth-order valence-electron chi connectivity index (χ4n) is 7.45. The van der Waals surface area contributed by atoms with Gasteiger partial charge in [-0.2, -0.15) is 0 Å². The number of aliphatic hydroxyl groups is 1. The van der Waals surface area contributed by atoms with Gasteiger partial charge in [0.2, 0.25) is 0 Å². The summed E-state index contributed by atoms with van der Waals surface area (Å²) in [6, 6.07) is 20.3. The molecule has 2 aromatic carbocycles. The van der Waals surface area contributed by atoms with Crippen LogP contribution in [0.2, 0.25) is 0 Å². The maximum Gasteiger partial charge on any atom is 0.320 e. The SMILES string of the molecule is CS(=O)(=O)c1cn(CC2(O)CCN(C(=O)N3CCNCC3c3ccccc3)CC23CCCC3)c(=O)cc1-c1ccccc1. The molecule has 3 aromatic rings. The van der Waals surface area contributed by atoms with Crippen molar-refractivity contribution in [1.29, 1.82) is 0 Å². The monoisotopic (exact) mass is 604 g/mol. The smallest absolute Gasteiger partial charge is 0.320 e. The van der Waals surface area contributed by atoms with Crippen LogP contribution in [0, 0.1) is 5.41 Å². The Bertz CT molecular complexity index is 1640. The number of likely N-dealkylation sites (tertiary alicyclic amines) is 1. The van der Waals surface area contributed by atoms with Crippen LogP contribution in [0.25, 0.3) is 11.1 Å². The summed E-state index contributed by atoms with van der Waals surface area (Å²) in [5, 5.41) is 15.8. The van der Waals surface area contributed by atoms with Crippen LogP contribution in [0.1, 0.15) is 43.7 Å². The number of carbonyl (C=O) groups is 1. The molecule has 2 aliphatic heterocycles. The van der Waals surface area contributed by atoms with Crippen LogP contribution in [0.15, 0.2) is 82.6 Å². The number of carbonyl (C=O) groups excluding carboxylic acids is 1. The molecular weight excluding hydrogens is 564 g/mol. The number of pyridine rings is 1. The zero-order valence-corrected chi connectivity index (χ0v) is 25.4. The number of hydrogen-bond donors (Lipinski definition) is 2. The number of hydrogen-bond acceptors (Lipinski definition) is 6. The van der Waals surface area contributed by atoms with E-state index in [4.69, 9.17) is 0 Å². The van der Waals surface area contributed by atoms with Crippen LogP contribution in [-0.4, -0.2) is 78.5 Å². The minimum absolute atomic E-state index is 0.0209. The Balaban J connectivity index is 1.29. The molecule has 2 saturated heterocycles. The maximum atomic E-state index is 14.0. The van der Waals surface area contributed by atoms with Crippen LogP contribution in [0.4, 0.5) is 4.79 Å². The average Bonchev–Trinajstić information content (AvgIpc) is 3.49. The highest BCUT2D eigenvalue weighted by Gasteiger charge is 2.56. The van der Waals surface area contributed by atoms with Gasteiger partial charge in [0.05, 0.1) is 23.1 Å². The van der Waals surface area contributed by atoms with E-state index in [1.165, 1.54) is 16.8 Å². The van der Waals surface area contributed by atoms with Crippen LogP contribution in [-0.2, 0) is 16.4 Å². The van der Waals surface area contributed by atoms with Crippen molar-refractivity contribution in [3.05, 3.63) is 88.8 Å². The summed E-state index contributed by atoms with van der Waals surface area (Å²) < 4.78 is 27.1. The Morgan fingerprint density at radius 3 is 2.35 bits per heavy atom. The predicted molar refractivity (Wildman–Crippen MR) is 165 cm³/mol. The molecule has 3 heterocycles. The fourth-order valence-corrected chi connectivity index (χ4v) is 8.34. The van der Waals surface area contributed by atoms with Crippen molar-refractivity contribution in [2.24, 2.45) is 5.41 Å². The Kier molecular flexibility index (Phi) is 7.95. The first-order valence-corrected chi connectivity index (χ1v) is 17.0. The number of sulfone groups is 1. The Hall–Kier alpha value is -3.47. The highest BCUT2D eigenvalue weighted by atomic mass is 32.2. The third kappa shape index (κ3) is 5.63. The van der Waals surface area contributed by atoms with Crippen molar-refractivity contribution in [2.75, 3.05) is 39.0 Å². The van der Waals surface area contributed by atoms with Gasteiger partial charge in [-0.3, -0.25) is 4.79 Å². The van der Waals surface area contributed by atoms with Crippen molar-refractivity contribution >= 4 is 15.9 Å². The van der Waals surface area contributed by atoms with Gasteiger partial charge in [-0.05, 0) is 30.4 Å². The predicted octanol–water partition coefficient (Wildman–Crippen LogP) is 3.68. The number of piperazine rings is 1. The Morgan fingerprint density at radius 1 is 1.00 bits per heavy atom. The molecule has 228 valence electrons. The fraction of sp³-hybridized carbons (Fsp3) is 0.455. The van der Waals surface area contributed by atoms with Gasteiger partial charge in [0.15, 0.2) is 9.84 Å². The quantitative estimate of drug-likeness (QED) is 0.460. The van der Waals surface area contributed by atoms with Crippen LogP contribution >= 0.6 is 0 Å². The van der Waals surface area contributed by atoms with Gasteiger partial charge in [0, 0.05) is 62.2 Å². The number of rotatable bonds is 5. The first-order chi connectivity index (χ1) is 20.6. The van der Waals surface area contributed by atoms with Crippen LogP contribution < -0.4 is 10.9 Å². The van der Waals surface area contributed by atoms with E-state index in [0.29, 0.717) is 43.7 Å². The molecule has 2 N–H and O–H groups in total. The zero-order valence-electron chi connectivity index (χ0n) is 24.6. The normalized spacial score (nSPS) is 23.9. The molecule has 1 spiro atoms. The molecule has 1 aliphatic carbocycles. The summed E-state index contributed by atoms with van der Waals surface area (Å²) in [6.07, 6.45) is 6.19. The van der Waals surface area contributed by atoms with Crippen molar-refractivity contribution in [3.8, 4) is 11.1 Å². The Labute approximate surface area is 253 Å². The highest BCUT2D eigenvalue weighted by molar-refractivity contribution is 7.90. The molecular formula is C33H40N4O5S. The number of nitrogens with zero attached hydrogens (tertiary/aromatic N) is 3. The van der Waals surface area contributed by atoms with E-state index in [2.05, 4.69) is 17.4 Å². The summed E-state index contributed by atoms with van der Waals surface area (Å²) in [4.78, 5) is 31.4. The first-order valence-electron chi connectivity index (χ1n) is 15.1. The van der Waals surface area contributed by atoms with E-state index in [0.717, 1.165) is 44.0 Å². The largest absolute Gasteiger partial charge is 0.387 e. The molecule has 2 amide bonds. The lowest BCUT2D eigenvalue weighted by Gasteiger charge is -2.53. The third-order valence-corrected chi connectivity index (χ3v) is 10.9. The van der Waals surface area contributed by atoms with E-state index in [-0.39, 0.29) is 29.1 Å². The highest BCUT2D eigenvalue weighted by Crippen LogP contribution is 2.52. The molecule has 10 heteroatoms. The van der Waals surface area contributed by atoms with Gasteiger partial charge in [0.25, 0.3) is 5.56 Å². The second-order valence-electron chi connectivity index (χ2n) is 12.5. The summed E-state index contributed by atoms with van der Waals surface area (Å²) in [7, 11) is -3.67. The van der Waals surface area contributed by atoms with E-state index < -0.39 is 20.9 Å². The summed E-state index contributed by atoms with van der Waals surface area (Å²) in [6.45, 7) is 2.75. The lowest BCUT2D eigenvalue weighted by molar-refractivity contribution is -0.136. The summed E-state index contributed by atoms with van der Waals surface area (Å²) >= 11 is 0. The van der Waals surface area contributed by atoms with Gasteiger partial charge in [-0.1, -0.05) is 73.5 Å². The number of amides is 2. The molecule has 2 unspecified atom stereocenters. The lowest BCUT2D eigenvalue weighted by atomic mass is 9.66. The second-order valence-corrected chi connectivity index (χ2v) is 14.4. The van der Waals surface area contributed by atoms with Crippen molar-refractivity contribution in [2.45, 2.75) is 55.2 Å². The molecule has 0 bridgehead atoms. The number of urea groups is 1. The lowest BCUT2D eigenvalue weighted by Crippen LogP contribution is -2.64. The molecule has 1 saturated carbocycles. The van der Waals surface area contributed by atoms with Gasteiger partial charge < -0.3 is 24.8 Å². The second kappa shape index (κ2) is 11.6. The molecule has 9 nitrogen and oxygen atoms in total. The number of benzene rings is 2. The molecule has 0 radical (unpaired) electrons. The zero-order chi connectivity index (χ0) is 30.2.